The largest absolute Gasteiger partial charge is 0.459 e. The van der Waals surface area contributed by atoms with E-state index in [0.717, 1.165) is 0 Å². The van der Waals surface area contributed by atoms with Crippen molar-refractivity contribution in [3.05, 3.63) is 30.1 Å². The molecule has 0 N–H and O–H groups in total. The van der Waals surface area contributed by atoms with Gasteiger partial charge >= 0.3 is 5.97 Å². The summed E-state index contributed by atoms with van der Waals surface area (Å²) in [5.41, 5.74) is 0.436. The maximum Gasteiger partial charge on any atom is 0.339 e. The molecule has 0 spiro atoms. The number of carbonyl (C=O) groups is 1. The molecule has 92 valence electrons. The molecule has 0 aliphatic carbocycles. The number of rotatable bonds is 3. The molecule has 5 heteroatoms. The van der Waals surface area contributed by atoms with Crippen LogP contribution in [0.3, 0.4) is 0 Å². The lowest BCUT2D eigenvalue weighted by molar-refractivity contribution is -0.142. The molecular formula is C12H15NO4. The third-order valence-corrected chi connectivity index (χ3v) is 2.36. The minimum atomic E-state index is -0.592. The van der Waals surface area contributed by atoms with Gasteiger partial charge in [-0.05, 0) is 26.0 Å². The molecule has 5 nitrogen and oxygen atoms in total. The third-order valence-electron chi connectivity index (χ3n) is 2.36. The van der Waals surface area contributed by atoms with Crippen molar-refractivity contribution in [2.75, 3.05) is 13.2 Å². The molecule has 1 aromatic heterocycles. The molecule has 0 saturated carbocycles. The molecule has 1 atom stereocenters. The van der Waals surface area contributed by atoms with Crippen molar-refractivity contribution in [1.82, 2.24) is 4.98 Å². The van der Waals surface area contributed by atoms with Crippen LogP contribution < -0.4 is 0 Å². The Morgan fingerprint density at radius 3 is 3.06 bits per heavy atom. The van der Waals surface area contributed by atoms with Gasteiger partial charge in [0, 0.05) is 12.4 Å². The van der Waals surface area contributed by atoms with Gasteiger partial charge in [-0.15, -0.1) is 0 Å². The first-order valence-electron chi connectivity index (χ1n) is 5.46. The Hall–Kier alpha value is -1.46. The summed E-state index contributed by atoms with van der Waals surface area (Å²) in [7, 11) is 0. The van der Waals surface area contributed by atoms with Crippen LogP contribution in [0.5, 0.6) is 0 Å². The van der Waals surface area contributed by atoms with Gasteiger partial charge in [-0.25, -0.2) is 4.79 Å². The van der Waals surface area contributed by atoms with Gasteiger partial charge in [0.25, 0.3) is 0 Å². The zero-order chi connectivity index (χ0) is 12.3. The summed E-state index contributed by atoms with van der Waals surface area (Å²) in [6, 6.07) is 3.35. The summed E-state index contributed by atoms with van der Waals surface area (Å²) in [6.07, 6.45) is 2.87. The van der Waals surface area contributed by atoms with Gasteiger partial charge in [0.15, 0.2) is 5.79 Å². The number of ether oxygens (including phenoxy) is 3. The molecule has 0 radical (unpaired) electrons. The highest BCUT2D eigenvalue weighted by molar-refractivity contribution is 5.88. The lowest BCUT2D eigenvalue weighted by Crippen LogP contribution is -2.25. The first-order valence-corrected chi connectivity index (χ1v) is 5.46. The molecule has 0 amide bonds. The van der Waals surface area contributed by atoms with Crippen LogP contribution in [-0.2, 0) is 14.2 Å². The van der Waals surface area contributed by atoms with E-state index in [-0.39, 0.29) is 12.7 Å². The Balaban J connectivity index is 1.82. The molecule has 1 aromatic rings. The van der Waals surface area contributed by atoms with Gasteiger partial charge in [0.05, 0.1) is 12.2 Å². The minimum absolute atomic E-state index is 0.192. The van der Waals surface area contributed by atoms with Crippen molar-refractivity contribution in [3.63, 3.8) is 0 Å². The van der Waals surface area contributed by atoms with Gasteiger partial charge in [0.2, 0.25) is 0 Å². The number of nitrogens with zero attached hydrogens (tertiary/aromatic N) is 1. The molecule has 0 unspecified atom stereocenters. The second-order valence-electron chi connectivity index (χ2n) is 4.29. The Kier molecular flexibility index (Phi) is 3.40. The zero-order valence-corrected chi connectivity index (χ0v) is 9.88. The highest BCUT2D eigenvalue weighted by atomic mass is 16.7. The van der Waals surface area contributed by atoms with Crippen LogP contribution in [-0.4, -0.2) is 36.1 Å². The van der Waals surface area contributed by atoms with Crippen molar-refractivity contribution in [2.24, 2.45) is 0 Å². The molecule has 17 heavy (non-hydrogen) atoms. The van der Waals surface area contributed by atoms with Crippen molar-refractivity contribution in [3.8, 4) is 0 Å². The van der Waals surface area contributed by atoms with Gasteiger partial charge in [-0.2, -0.15) is 0 Å². The molecule has 1 fully saturated rings. The molecule has 0 aromatic carbocycles. The molecule has 0 bridgehead atoms. The minimum Gasteiger partial charge on any atom is -0.459 e. The van der Waals surface area contributed by atoms with Gasteiger partial charge in [0.1, 0.15) is 12.7 Å². The number of esters is 1. The first-order chi connectivity index (χ1) is 8.07. The monoisotopic (exact) mass is 237 g/mol. The zero-order valence-electron chi connectivity index (χ0n) is 9.88. The fraction of sp³-hybridized carbons (Fsp3) is 0.500. The highest BCUT2D eigenvalue weighted by Gasteiger charge is 2.33. The maximum atomic E-state index is 11.6. The number of aromatic nitrogens is 1. The van der Waals surface area contributed by atoms with Crippen molar-refractivity contribution in [1.29, 1.82) is 0 Å². The van der Waals surface area contributed by atoms with E-state index in [2.05, 4.69) is 4.98 Å². The highest BCUT2D eigenvalue weighted by Crippen LogP contribution is 2.22. The number of carbonyl (C=O) groups excluding carboxylic acids is 1. The van der Waals surface area contributed by atoms with E-state index >= 15 is 0 Å². The van der Waals surface area contributed by atoms with E-state index in [1.807, 2.05) is 13.8 Å². The summed E-state index contributed by atoms with van der Waals surface area (Å²) >= 11 is 0. The average Bonchev–Trinajstić information content (AvgIpc) is 2.67. The van der Waals surface area contributed by atoms with Crippen LogP contribution in [0.2, 0.25) is 0 Å². The molecule has 1 saturated heterocycles. The topological polar surface area (TPSA) is 57.7 Å². The summed E-state index contributed by atoms with van der Waals surface area (Å²) < 4.78 is 16.0. The molecular weight excluding hydrogens is 222 g/mol. The second-order valence-corrected chi connectivity index (χ2v) is 4.29. The van der Waals surface area contributed by atoms with E-state index in [1.54, 1.807) is 18.3 Å². The lowest BCUT2D eigenvalue weighted by atomic mass is 10.3. The first kappa shape index (κ1) is 12.0. The number of hydrogen-bond donors (Lipinski definition) is 0. The number of hydrogen-bond acceptors (Lipinski definition) is 5. The van der Waals surface area contributed by atoms with Crippen molar-refractivity contribution >= 4 is 5.97 Å². The lowest BCUT2D eigenvalue weighted by Gasteiger charge is -2.16. The summed E-state index contributed by atoms with van der Waals surface area (Å²) in [4.78, 5) is 15.5. The third kappa shape index (κ3) is 3.25. The van der Waals surface area contributed by atoms with Crippen LogP contribution in [0.1, 0.15) is 24.2 Å². The van der Waals surface area contributed by atoms with Gasteiger partial charge in [-0.1, -0.05) is 0 Å². The number of pyridine rings is 1. The maximum absolute atomic E-state index is 11.6. The van der Waals surface area contributed by atoms with E-state index in [0.29, 0.717) is 12.2 Å². The van der Waals surface area contributed by atoms with E-state index in [4.69, 9.17) is 14.2 Å². The predicted molar refractivity (Wildman–Crippen MR) is 59.4 cm³/mol. The van der Waals surface area contributed by atoms with Crippen LogP contribution in [0.4, 0.5) is 0 Å². The fourth-order valence-corrected chi connectivity index (χ4v) is 1.58. The summed E-state index contributed by atoms with van der Waals surface area (Å²) in [6.45, 7) is 4.29. The molecule has 2 heterocycles. The Bertz CT molecular complexity index is 391. The Morgan fingerprint density at radius 1 is 1.65 bits per heavy atom. The predicted octanol–water partition coefficient (Wildman–Crippen LogP) is 1.39. The normalized spacial score (nSPS) is 22.4. The summed E-state index contributed by atoms with van der Waals surface area (Å²) in [5.74, 6) is -0.989. The molecule has 1 aliphatic heterocycles. The van der Waals surface area contributed by atoms with Crippen molar-refractivity contribution in [2.45, 2.75) is 25.7 Å². The Labute approximate surface area is 99.7 Å². The van der Waals surface area contributed by atoms with Gasteiger partial charge in [-0.3, -0.25) is 4.98 Å². The average molecular weight is 237 g/mol. The SMILES string of the molecule is CC1(C)OC[C@@H](COC(=O)c2cccnc2)O1. The van der Waals surface area contributed by atoms with Crippen LogP contribution >= 0.6 is 0 Å². The van der Waals surface area contributed by atoms with E-state index in [1.165, 1.54) is 6.20 Å². The Morgan fingerprint density at radius 2 is 2.47 bits per heavy atom. The molecule has 1 aliphatic rings. The second kappa shape index (κ2) is 4.81. The van der Waals surface area contributed by atoms with E-state index in [9.17, 15) is 4.79 Å². The molecule has 2 rings (SSSR count). The van der Waals surface area contributed by atoms with Crippen molar-refractivity contribution < 1.29 is 19.0 Å². The van der Waals surface area contributed by atoms with Gasteiger partial charge < -0.3 is 14.2 Å². The van der Waals surface area contributed by atoms with E-state index < -0.39 is 11.8 Å². The summed E-state index contributed by atoms with van der Waals surface area (Å²) in [5, 5.41) is 0. The quantitative estimate of drug-likeness (QED) is 0.743. The van der Waals surface area contributed by atoms with Crippen LogP contribution in [0.15, 0.2) is 24.5 Å². The van der Waals surface area contributed by atoms with Crippen LogP contribution in [0.25, 0.3) is 0 Å². The van der Waals surface area contributed by atoms with Crippen LogP contribution in [0, 0.1) is 0 Å². The fourth-order valence-electron chi connectivity index (χ4n) is 1.58. The standard InChI is InChI=1S/C12H15NO4/c1-12(2)16-8-10(17-12)7-15-11(14)9-4-3-5-13-6-9/h3-6,10H,7-8H2,1-2H3/t10-/m1/s1. The smallest absolute Gasteiger partial charge is 0.339 e.